The number of hydrogen-bond donors (Lipinski definition) is 6. The predicted octanol–water partition coefficient (Wildman–Crippen LogP) is 18.5. The summed E-state index contributed by atoms with van der Waals surface area (Å²) in [7, 11) is 0. The number of aliphatic hydroxyl groups excluding tert-OH is 5. The summed E-state index contributed by atoms with van der Waals surface area (Å²) in [4.78, 5) is 26.7. The second-order valence-corrected chi connectivity index (χ2v) is 24.6. The molecule has 1 amide bonds. The molecule has 498 valence electrons. The van der Waals surface area contributed by atoms with Crippen LogP contribution >= 0.6 is 0 Å². The number of carbonyl (C=O) groups excluding carboxylic acids is 2. The van der Waals surface area contributed by atoms with Crippen LogP contribution in [0, 0.1) is 0 Å². The second-order valence-electron chi connectivity index (χ2n) is 24.6. The number of carbonyl (C=O) groups is 2. The van der Waals surface area contributed by atoms with Crippen LogP contribution in [-0.2, 0) is 23.8 Å². The summed E-state index contributed by atoms with van der Waals surface area (Å²) in [6.45, 7) is 5.76. The summed E-state index contributed by atoms with van der Waals surface area (Å²) in [6, 6.07) is -1.03. The highest BCUT2D eigenvalue weighted by Gasteiger charge is 2.47. The SMILES string of the molecule is CCCCC/C=C\C/C=C\C/C=C\CCCCCCCCCCCCC(=O)OC1C(OCC(NC(=O)C(O)CCCCCCCCCCC/C=C\C/C=C\C/C=C\CCCCC)C(O)/C=C/CCCCCCCCCCCC)OC(CO)C(O)C1O. The van der Waals surface area contributed by atoms with E-state index in [9.17, 15) is 35.1 Å². The van der Waals surface area contributed by atoms with E-state index in [1.807, 2.05) is 6.08 Å². The minimum absolute atomic E-state index is 0.116. The summed E-state index contributed by atoms with van der Waals surface area (Å²) in [5.74, 6) is -1.20. The molecule has 8 unspecified atom stereocenters. The number of aliphatic hydroxyl groups is 5. The van der Waals surface area contributed by atoms with Crippen molar-refractivity contribution in [1.82, 2.24) is 5.32 Å². The van der Waals surface area contributed by atoms with Crippen molar-refractivity contribution in [2.24, 2.45) is 0 Å². The van der Waals surface area contributed by atoms with Gasteiger partial charge < -0.3 is 45.1 Å². The van der Waals surface area contributed by atoms with Gasteiger partial charge in [-0.25, -0.2) is 0 Å². The molecular weight excluding hydrogens is 1070 g/mol. The van der Waals surface area contributed by atoms with Gasteiger partial charge >= 0.3 is 5.97 Å². The third-order valence-electron chi connectivity index (χ3n) is 16.5. The van der Waals surface area contributed by atoms with Crippen molar-refractivity contribution in [3.05, 3.63) is 85.1 Å². The first kappa shape index (κ1) is 80.9. The van der Waals surface area contributed by atoms with Crippen molar-refractivity contribution >= 4 is 11.9 Å². The van der Waals surface area contributed by atoms with Crippen LogP contribution in [0.4, 0.5) is 0 Å². The highest BCUT2D eigenvalue weighted by atomic mass is 16.7. The molecule has 86 heavy (non-hydrogen) atoms. The van der Waals surface area contributed by atoms with E-state index < -0.39 is 67.4 Å². The van der Waals surface area contributed by atoms with Gasteiger partial charge in [0.1, 0.15) is 24.4 Å². The van der Waals surface area contributed by atoms with Crippen molar-refractivity contribution in [3.8, 4) is 0 Å². The molecule has 11 nitrogen and oxygen atoms in total. The van der Waals surface area contributed by atoms with E-state index in [4.69, 9.17) is 14.2 Å². The molecule has 0 saturated carbocycles. The summed E-state index contributed by atoms with van der Waals surface area (Å²) in [5, 5.41) is 57.3. The molecule has 0 spiro atoms. The Morgan fingerprint density at radius 1 is 0.453 bits per heavy atom. The molecule has 1 rings (SSSR count). The molecule has 1 heterocycles. The fourth-order valence-electron chi connectivity index (χ4n) is 10.8. The maximum Gasteiger partial charge on any atom is 0.306 e. The molecule has 0 aromatic carbocycles. The van der Waals surface area contributed by atoms with Crippen LogP contribution < -0.4 is 5.32 Å². The third-order valence-corrected chi connectivity index (χ3v) is 16.5. The van der Waals surface area contributed by atoms with Crippen LogP contribution in [0.5, 0.6) is 0 Å². The van der Waals surface area contributed by atoms with E-state index >= 15 is 0 Å². The number of ether oxygens (including phenoxy) is 3. The average Bonchev–Trinajstić information content (AvgIpc) is 3.39. The van der Waals surface area contributed by atoms with E-state index in [0.717, 1.165) is 96.3 Å². The lowest BCUT2D eigenvalue weighted by atomic mass is 9.99. The quantitative estimate of drug-likeness (QED) is 0.0195. The zero-order valence-corrected chi connectivity index (χ0v) is 55.4. The zero-order chi connectivity index (χ0) is 62.4. The number of allylic oxidation sites excluding steroid dienone is 13. The molecule has 0 aromatic rings. The molecule has 1 aliphatic rings. The minimum Gasteiger partial charge on any atom is -0.454 e. The van der Waals surface area contributed by atoms with Gasteiger partial charge in [-0.15, -0.1) is 0 Å². The van der Waals surface area contributed by atoms with Gasteiger partial charge in [-0.2, -0.15) is 0 Å². The van der Waals surface area contributed by atoms with Gasteiger partial charge in [-0.1, -0.05) is 292 Å². The molecule has 0 aromatic heterocycles. The Morgan fingerprint density at radius 3 is 1.22 bits per heavy atom. The lowest BCUT2D eigenvalue weighted by molar-refractivity contribution is -0.305. The highest BCUT2D eigenvalue weighted by molar-refractivity contribution is 5.80. The van der Waals surface area contributed by atoms with Crippen LogP contribution in [0.15, 0.2) is 85.1 Å². The lowest BCUT2D eigenvalue weighted by Crippen LogP contribution is -2.61. The number of hydrogen-bond acceptors (Lipinski definition) is 10. The lowest BCUT2D eigenvalue weighted by Gasteiger charge is -2.41. The summed E-state index contributed by atoms with van der Waals surface area (Å²) >= 11 is 0. The molecule has 0 aliphatic carbocycles. The minimum atomic E-state index is -1.62. The van der Waals surface area contributed by atoms with Crippen LogP contribution in [0.2, 0.25) is 0 Å². The van der Waals surface area contributed by atoms with E-state index in [2.05, 4.69) is 99.0 Å². The molecular formula is C75H133NO10. The van der Waals surface area contributed by atoms with Gasteiger partial charge in [0.05, 0.1) is 25.4 Å². The van der Waals surface area contributed by atoms with Gasteiger partial charge in [0.15, 0.2) is 12.4 Å². The van der Waals surface area contributed by atoms with E-state index in [1.165, 1.54) is 173 Å². The van der Waals surface area contributed by atoms with Crippen molar-refractivity contribution < 1.29 is 49.3 Å². The molecule has 0 bridgehead atoms. The first-order valence-electron chi connectivity index (χ1n) is 35.9. The van der Waals surface area contributed by atoms with Gasteiger partial charge in [0, 0.05) is 6.42 Å². The van der Waals surface area contributed by atoms with E-state index in [-0.39, 0.29) is 19.4 Å². The fourth-order valence-corrected chi connectivity index (χ4v) is 10.8. The van der Waals surface area contributed by atoms with Crippen molar-refractivity contribution in [2.75, 3.05) is 13.2 Å². The number of unbranched alkanes of at least 4 members (excludes halogenated alkanes) is 35. The number of nitrogens with one attached hydrogen (secondary N) is 1. The van der Waals surface area contributed by atoms with Crippen LogP contribution in [0.3, 0.4) is 0 Å². The third kappa shape index (κ3) is 48.7. The Labute approximate surface area is 527 Å². The topological polar surface area (TPSA) is 175 Å². The normalized spacial score (nSPS) is 18.8. The standard InChI is InChI=1S/C75H133NO10/c1-4-7-10-13-16-19-22-25-27-29-31-33-35-37-39-41-43-45-48-51-54-57-60-63-70(80)86-73-72(82)71(81)69(64-77)85-75(73)84-65-66(67(78)61-58-55-52-49-46-24-21-18-15-12-9-6-3)76-74(83)68(79)62-59-56-53-50-47-44-42-40-38-36-34-32-30-28-26-23-20-17-14-11-8-5-2/h16-17,19-20,25-28,31-34,58,61,66-69,71-73,75,77-79,81-82H,4-15,18,21-24,29-30,35-57,59-60,62-65H2,1-3H3,(H,76,83)/b19-16-,20-17-,27-25-,28-26-,33-31-,34-32-,61-58+. The Balaban J connectivity index is 2.58. The summed E-state index contributed by atoms with van der Waals surface area (Å²) in [5.41, 5.74) is 0. The highest BCUT2D eigenvalue weighted by Crippen LogP contribution is 2.26. The molecule has 0 radical (unpaired) electrons. The van der Waals surface area contributed by atoms with Crippen LogP contribution in [-0.4, -0.2) is 99.6 Å². The molecule has 11 heteroatoms. The first-order chi connectivity index (χ1) is 42.2. The van der Waals surface area contributed by atoms with E-state index in [0.29, 0.717) is 12.8 Å². The van der Waals surface area contributed by atoms with Gasteiger partial charge in [0.2, 0.25) is 5.91 Å². The number of amides is 1. The molecule has 1 saturated heterocycles. The number of rotatable bonds is 61. The summed E-state index contributed by atoms with van der Waals surface area (Å²) < 4.78 is 17.7. The molecule has 1 fully saturated rings. The monoisotopic (exact) mass is 1210 g/mol. The van der Waals surface area contributed by atoms with Crippen molar-refractivity contribution in [3.63, 3.8) is 0 Å². The van der Waals surface area contributed by atoms with Gasteiger partial charge in [0.25, 0.3) is 0 Å². The van der Waals surface area contributed by atoms with E-state index in [1.54, 1.807) is 6.08 Å². The number of esters is 1. The second kappa shape index (κ2) is 62.1. The van der Waals surface area contributed by atoms with Gasteiger partial charge in [-0.05, 0) is 103 Å². The van der Waals surface area contributed by atoms with Crippen molar-refractivity contribution in [1.29, 1.82) is 0 Å². The largest absolute Gasteiger partial charge is 0.454 e. The van der Waals surface area contributed by atoms with Crippen LogP contribution in [0.1, 0.15) is 316 Å². The molecule has 8 atom stereocenters. The molecule has 1 aliphatic heterocycles. The zero-order valence-electron chi connectivity index (χ0n) is 55.4. The van der Waals surface area contributed by atoms with Crippen LogP contribution in [0.25, 0.3) is 0 Å². The Kier molecular flexibility index (Phi) is 58.3. The Bertz CT molecular complexity index is 1720. The Hall–Kier alpha value is -3.16. The van der Waals surface area contributed by atoms with Crippen molar-refractivity contribution in [2.45, 2.75) is 365 Å². The Morgan fingerprint density at radius 2 is 0.802 bits per heavy atom. The molecule has 6 N–H and O–H groups in total. The summed E-state index contributed by atoms with van der Waals surface area (Å²) in [6.07, 6.45) is 71.8. The fraction of sp³-hybridized carbons (Fsp3) is 0.787. The smallest absolute Gasteiger partial charge is 0.306 e. The van der Waals surface area contributed by atoms with Gasteiger partial charge in [-0.3, -0.25) is 9.59 Å². The maximum atomic E-state index is 13.5. The first-order valence-corrected chi connectivity index (χ1v) is 35.9. The maximum absolute atomic E-state index is 13.5. The average molecular weight is 1210 g/mol. The predicted molar refractivity (Wildman–Crippen MR) is 361 cm³/mol.